The van der Waals surface area contributed by atoms with E-state index in [4.69, 9.17) is 4.74 Å². The zero-order valence-electron chi connectivity index (χ0n) is 26.0. The van der Waals surface area contributed by atoms with Crippen LogP contribution in [0.4, 0.5) is 24.5 Å². The standard InChI is InChI=1S/C33H39F3N7O2/c1-20(8-11-37)40-22-14-24(23-6-7-29(23)45-4)30(43-19-41(3)18-39-43)28(15-22)42-17-26-25(31(42)44)12-21(13-27(26)33(34,35)36)16-38-32(2)9-5-10-32/h12-15,18-20,23,29,38,40H,5-10,16-17H2,1-4H3/q+1/t20-,23?,29+/m1/s1. The van der Waals surface area contributed by atoms with Gasteiger partial charge in [-0.15, -0.1) is 0 Å². The van der Waals surface area contributed by atoms with E-state index in [1.165, 1.54) is 11.0 Å². The molecule has 0 spiro atoms. The molecule has 2 fully saturated rings. The first kappa shape index (κ1) is 31.0. The molecule has 0 saturated heterocycles. The number of alkyl halides is 3. The van der Waals surface area contributed by atoms with Crippen molar-refractivity contribution in [3.05, 3.63) is 64.7 Å². The van der Waals surface area contributed by atoms with E-state index >= 15 is 0 Å². The summed E-state index contributed by atoms with van der Waals surface area (Å²) in [6.45, 7) is 3.97. The van der Waals surface area contributed by atoms with Gasteiger partial charge in [0.25, 0.3) is 12.2 Å². The van der Waals surface area contributed by atoms with E-state index in [1.807, 2.05) is 20.0 Å². The first-order valence-corrected chi connectivity index (χ1v) is 15.4. The number of anilines is 2. The number of rotatable bonds is 10. The Morgan fingerprint density at radius 3 is 2.60 bits per heavy atom. The van der Waals surface area contributed by atoms with Gasteiger partial charge in [0, 0.05) is 48.0 Å². The van der Waals surface area contributed by atoms with Gasteiger partial charge in [-0.05, 0) is 86.4 Å². The van der Waals surface area contributed by atoms with E-state index < -0.39 is 17.6 Å². The van der Waals surface area contributed by atoms with Gasteiger partial charge in [0.15, 0.2) is 5.69 Å². The highest BCUT2D eigenvalue weighted by Gasteiger charge is 2.43. The summed E-state index contributed by atoms with van der Waals surface area (Å²) in [6.07, 6.45) is 3.71. The molecule has 2 heterocycles. The number of carbonyl (C=O) groups excluding carboxylic acids is 1. The summed E-state index contributed by atoms with van der Waals surface area (Å²) < 4.78 is 52.8. The predicted molar refractivity (Wildman–Crippen MR) is 162 cm³/mol. The molecule has 3 aliphatic rings. The second-order valence-corrected chi connectivity index (χ2v) is 13.0. The van der Waals surface area contributed by atoms with Crippen molar-refractivity contribution in [3.63, 3.8) is 0 Å². The van der Waals surface area contributed by atoms with E-state index in [0.717, 1.165) is 37.7 Å². The zero-order chi connectivity index (χ0) is 32.1. The molecule has 1 unspecified atom stereocenters. The number of halogens is 3. The van der Waals surface area contributed by atoms with Crippen LogP contribution in [0.2, 0.25) is 0 Å². The summed E-state index contributed by atoms with van der Waals surface area (Å²) in [5.41, 5.74) is 2.19. The fraction of sp³-hybridized carbons (Fsp3) is 0.515. The summed E-state index contributed by atoms with van der Waals surface area (Å²) in [4.78, 5) is 15.7. The van der Waals surface area contributed by atoms with Crippen LogP contribution in [-0.4, -0.2) is 40.4 Å². The predicted octanol–water partition coefficient (Wildman–Crippen LogP) is 5.51. The number of aromatic nitrogens is 3. The quantitative estimate of drug-likeness (QED) is 0.289. The number of amides is 1. The molecule has 0 bridgehead atoms. The number of nitrogens with zero attached hydrogens (tertiary/aromatic N) is 5. The van der Waals surface area contributed by atoms with Crippen molar-refractivity contribution >= 4 is 17.3 Å². The molecular formula is C33H39F3N7O2+. The zero-order valence-corrected chi connectivity index (χ0v) is 26.0. The molecule has 238 valence electrons. The fourth-order valence-electron chi connectivity index (χ4n) is 6.74. The highest BCUT2D eigenvalue weighted by Crippen LogP contribution is 2.46. The molecule has 2 saturated carbocycles. The Balaban J connectivity index is 1.48. The number of nitriles is 1. The molecule has 0 radical (unpaired) electrons. The Kier molecular flexibility index (Phi) is 8.12. The van der Waals surface area contributed by atoms with E-state index in [0.29, 0.717) is 22.6 Å². The van der Waals surface area contributed by atoms with Crippen LogP contribution < -0.4 is 20.2 Å². The van der Waals surface area contributed by atoms with E-state index in [9.17, 15) is 23.2 Å². The van der Waals surface area contributed by atoms with Gasteiger partial charge in [0.2, 0.25) is 6.33 Å². The van der Waals surface area contributed by atoms with Gasteiger partial charge in [0.1, 0.15) is 0 Å². The Morgan fingerprint density at radius 2 is 2.02 bits per heavy atom. The Labute approximate surface area is 261 Å². The maximum atomic E-state index is 14.5. The van der Waals surface area contributed by atoms with E-state index in [-0.39, 0.29) is 54.2 Å². The molecule has 2 N–H and O–H groups in total. The molecule has 12 heteroatoms. The largest absolute Gasteiger partial charge is 0.416 e. The summed E-state index contributed by atoms with van der Waals surface area (Å²) in [7, 11) is 3.50. The number of nitrogens with one attached hydrogen (secondary N) is 2. The monoisotopic (exact) mass is 622 g/mol. The summed E-state index contributed by atoms with van der Waals surface area (Å²) in [6, 6.07) is 8.54. The molecule has 1 aromatic heterocycles. The summed E-state index contributed by atoms with van der Waals surface area (Å²) in [5, 5.41) is 20.6. The first-order chi connectivity index (χ1) is 21.4. The van der Waals surface area contributed by atoms with Gasteiger partial charge >= 0.3 is 6.18 Å². The smallest absolute Gasteiger partial charge is 0.381 e. The topological polar surface area (TPSA) is 99.1 Å². The van der Waals surface area contributed by atoms with Crippen LogP contribution in [0.3, 0.4) is 0 Å². The van der Waals surface area contributed by atoms with Gasteiger partial charge in [-0.2, -0.15) is 18.4 Å². The lowest BCUT2D eigenvalue weighted by molar-refractivity contribution is -0.657. The third-order valence-electron chi connectivity index (χ3n) is 9.60. The van der Waals surface area contributed by atoms with Crippen LogP contribution in [0.5, 0.6) is 0 Å². The molecule has 3 atom stereocenters. The minimum atomic E-state index is -4.63. The Hall–Kier alpha value is -3.95. The minimum Gasteiger partial charge on any atom is -0.381 e. The number of fused-ring (bicyclic) bond motifs is 1. The Morgan fingerprint density at radius 1 is 1.24 bits per heavy atom. The van der Waals surface area contributed by atoms with Crippen LogP contribution in [0, 0.1) is 11.3 Å². The number of benzene rings is 2. The van der Waals surface area contributed by atoms with Crippen LogP contribution in [-0.2, 0) is 31.1 Å². The summed E-state index contributed by atoms with van der Waals surface area (Å²) >= 11 is 0. The van der Waals surface area contributed by atoms with Gasteiger partial charge < -0.3 is 15.4 Å². The molecule has 3 aromatic rings. The molecule has 2 aromatic carbocycles. The maximum Gasteiger partial charge on any atom is 0.416 e. The van der Waals surface area contributed by atoms with E-state index in [2.05, 4.69) is 28.7 Å². The second-order valence-electron chi connectivity index (χ2n) is 13.0. The maximum absolute atomic E-state index is 14.5. The number of methoxy groups -OCH3 is 1. The molecule has 9 nitrogen and oxygen atoms in total. The number of hydrogen-bond donors (Lipinski definition) is 2. The number of aryl methyl sites for hydroxylation is 1. The first-order valence-electron chi connectivity index (χ1n) is 15.4. The Bertz CT molecular complexity index is 1650. The molecule has 1 amide bonds. The highest BCUT2D eigenvalue weighted by atomic mass is 19.4. The number of hydrogen-bond acceptors (Lipinski definition) is 6. The van der Waals surface area contributed by atoms with Crippen molar-refractivity contribution in [2.24, 2.45) is 7.05 Å². The van der Waals surface area contributed by atoms with Gasteiger partial charge in [-0.1, -0.05) is 4.68 Å². The van der Waals surface area contributed by atoms with Crippen molar-refractivity contribution in [3.8, 4) is 11.8 Å². The van der Waals surface area contributed by atoms with Gasteiger partial charge in [0.05, 0.1) is 43.4 Å². The van der Waals surface area contributed by atoms with Crippen molar-refractivity contribution in [2.45, 2.75) is 95.2 Å². The normalized spacial score (nSPS) is 21.1. The third kappa shape index (κ3) is 5.91. The van der Waals surface area contributed by atoms with Gasteiger partial charge in [-0.25, -0.2) is 4.57 Å². The molecule has 6 rings (SSSR count). The van der Waals surface area contributed by atoms with Crippen LogP contribution in [0.1, 0.15) is 90.9 Å². The van der Waals surface area contributed by atoms with E-state index in [1.54, 1.807) is 41.1 Å². The fourth-order valence-corrected chi connectivity index (χ4v) is 6.74. The van der Waals surface area contributed by atoms with Crippen LogP contribution >= 0.6 is 0 Å². The third-order valence-corrected chi connectivity index (χ3v) is 9.60. The SMILES string of the molecule is CO[C@H]1CCC1c1cc(N[C@H](C)CC#N)cc(N2Cc3c(cc(CNC4(C)CCC4)cc3C(F)(F)F)C2=O)c1-[n+]1cn(C)cn1. The van der Waals surface area contributed by atoms with Crippen LogP contribution in [0.15, 0.2) is 36.9 Å². The molecule has 2 aliphatic carbocycles. The highest BCUT2D eigenvalue weighted by molar-refractivity contribution is 6.11. The molecular weight excluding hydrogens is 583 g/mol. The lowest BCUT2D eigenvalue weighted by atomic mass is 9.76. The van der Waals surface area contributed by atoms with Crippen molar-refractivity contribution < 1.29 is 27.4 Å². The van der Waals surface area contributed by atoms with Crippen LogP contribution in [0.25, 0.3) is 5.69 Å². The number of ether oxygens (including phenoxy) is 1. The average molecular weight is 623 g/mol. The number of carbonyl (C=O) groups is 1. The molecule has 45 heavy (non-hydrogen) atoms. The van der Waals surface area contributed by atoms with Crippen molar-refractivity contribution in [1.29, 1.82) is 5.26 Å². The second kappa shape index (κ2) is 11.8. The van der Waals surface area contributed by atoms with Crippen molar-refractivity contribution in [2.75, 3.05) is 17.3 Å². The summed E-state index contributed by atoms with van der Waals surface area (Å²) in [5.74, 6) is -0.502. The van der Waals surface area contributed by atoms with Gasteiger partial charge in [-0.3, -0.25) is 9.69 Å². The average Bonchev–Trinajstić information content (AvgIpc) is 3.52. The van der Waals surface area contributed by atoms with Crippen molar-refractivity contribution in [1.82, 2.24) is 15.0 Å². The molecule has 1 aliphatic heterocycles. The lowest BCUT2D eigenvalue weighted by Gasteiger charge is -2.39. The lowest BCUT2D eigenvalue weighted by Crippen LogP contribution is -2.47. The minimum absolute atomic E-state index is 0.0114.